The maximum absolute atomic E-state index is 3.71. The summed E-state index contributed by atoms with van der Waals surface area (Å²) in [7, 11) is 0. The lowest BCUT2D eigenvalue weighted by Crippen LogP contribution is -2.39. The highest BCUT2D eigenvalue weighted by molar-refractivity contribution is 8.00. The molecule has 0 bridgehead atoms. The van der Waals surface area contributed by atoms with Crippen LogP contribution in [0.5, 0.6) is 0 Å². The second-order valence-corrected chi connectivity index (χ2v) is 7.07. The molecule has 0 aromatic rings. The molecule has 1 aliphatic rings. The molecule has 0 aromatic carbocycles. The van der Waals surface area contributed by atoms with E-state index >= 15 is 0 Å². The van der Waals surface area contributed by atoms with Gasteiger partial charge in [0.1, 0.15) is 0 Å². The largest absolute Gasteiger partial charge is 0.313 e. The summed E-state index contributed by atoms with van der Waals surface area (Å²) >= 11 is 2.10. The normalized spacial score (nSPS) is 28.7. The zero-order valence-corrected chi connectivity index (χ0v) is 11.1. The first-order valence-electron chi connectivity index (χ1n) is 5.77. The second-order valence-electron chi connectivity index (χ2n) is 5.60. The molecular weight excluding hydrogens is 190 g/mol. The molecule has 1 fully saturated rings. The molecule has 1 nitrogen and oxygen atoms in total. The molecule has 2 heteroatoms. The Kier molecular flexibility index (Phi) is 4.32. The first kappa shape index (κ1) is 12.4. The molecule has 1 heterocycles. The smallest absolute Gasteiger partial charge is 0.0168 e. The Balaban J connectivity index is 2.26. The Hall–Kier alpha value is 0.310. The summed E-state index contributed by atoms with van der Waals surface area (Å²) in [6.45, 7) is 12.8. The number of nitrogens with one attached hydrogen (secondary N) is 1. The topological polar surface area (TPSA) is 12.0 Å². The van der Waals surface area contributed by atoms with Gasteiger partial charge in [0.2, 0.25) is 0 Å². The van der Waals surface area contributed by atoms with Crippen LogP contribution in [0.15, 0.2) is 0 Å². The molecule has 0 radical (unpaired) electrons. The summed E-state index contributed by atoms with van der Waals surface area (Å²) in [6, 6.07) is 0.757. The van der Waals surface area contributed by atoms with Crippen molar-refractivity contribution in [2.24, 2.45) is 11.3 Å². The van der Waals surface area contributed by atoms with Gasteiger partial charge in [0.25, 0.3) is 0 Å². The van der Waals surface area contributed by atoms with Crippen molar-refractivity contribution in [2.75, 3.05) is 12.3 Å². The SMILES string of the molecule is CC1CC(NCC(C)(C)C(C)C)CS1. The van der Waals surface area contributed by atoms with Crippen molar-refractivity contribution in [1.29, 1.82) is 0 Å². The van der Waals surface area contributed by atoms with Crippen LogP contribution < -0.4 is 5.32 Å². The fraction of sp³-hybridized carbons (Fsp3) is 1.00. The average Bonchev–Trinajstić information content (AvgIpc) is 2.48. The molecule has 0 spiro atoms. The molecule has 2 atom stereocenters. The summed E-state index contributed by atoms with van der Waals surface area (Å²) in [6.07, 6.45) is 1.35. The third kappa shape index (κ3) is 3.47. The third-order valence-corrected chi connectivity index (χ3v) is 4.96. The highest BCUT2D eigenvalue weighted by Crippen LogP contribution is 2.28. The van der Waals surface area contributed by atoms with Gasteiger partial charge >= 0.3 is 0 Å². The summed E-state index contributed by atoms with van der Waals surface area (Å²) < 4.78 is 0. The van der Waals surface area contributed by atoms with Gasteiger partial charge in [-0.15, -0.1) is 0 Å². The van der Waals surface area contributed by atoms with Crippen molar-refractivity contribution in [3.8, 4) is 0 Å². The van der Waals surface area contributed by atoms with E-state index in [0.29, 0.717) is 5.41 Å². The maximum atomic E-state index is 3.71. The van der Waals surface area contributed by atoms with Crippen LogP contribution in [0.1, 0.15) is 41.0 Å². The van der Waals surface area contributed by atoms with E-state index in [-0.39, 0.29) is 0 Å². The second kappa shape index (κ2) is 4.89. The first-order chi connectivity index (χ1) is 6.42. The van der Waals surface area contributed by atoms with Crippen LogP contribution in [0.25, 0.3) is 0 Å². The Morgan fingerprint density at radius 1 is 1.43 bits per heavy atom. The predicted octanol–water partition coefficient (Wildman–Crippen LogP) is 3.15. The highest BCUT2D eigenvalue weighted by Gasteiger charge is 2.26. The van der Waals surface area contributed by atoms with Crippen molar-refractivity contribution in [1.82, 2.24) is 5.32 Å². The van der Waals surface area contributed by atoms with Crippen LogP contribution >= 0.6 is 11.8 Å². The van der Waals surface area contributed by atoms with Crippen LogP contribution in [0.2, 0.25) is 0 Å². The van der Waals surface area contributed by atoms with Gasteiger partial charge in [0.15, 0.2) is 0 Å². The molecule has 1 N–H and O–H groups in total. The molecule has 1 saturated heterocycles. The minimum absolute atomic E-state index is 0.427. The van der Waals surface area contributed by atoms with Gasteiger partial charge < -0.3 is 5.32 Å². The van der Waals surface area contributed by atoms with E-state index in [2.05, 4.69) is 51.7 Å². The summed E-state index contributed by atoms with van der Waals surface area (Å²) in [5, 5.41) is 4.57. The number of thioether (sulfide) groups is 1. The standard InChI is InChI=1S/C12H25NS/c1-9(2)12(4,5)8-13-11-6-10(3)14-7-11/h9-11,13H,6-8H2,1-5H3. The van der Waals surface area contributed by atoms with Gasteiger partial charge in [0, 0.05) is 23.6 Å². The average molecular weight is 215 g/mol. The van der Waals surface area contributed by atoms with E-state index in [1.165, 1.54) is 12.2 Å². The first-order valence-corrected chi connectivity index (χ1v) is 6.81. The van der Waals surface area contributed by atoms with Crippen LogP contribution in [0.3, 0.4) is 0 Å². The van der Waals surface area contributed by atoms with Gasteiger partial charge in [-0.3, -0.25) is 0 Å². The van der Waals surface area contributed by atoms with Gasteiger partial charge in [-0.1, -0.05) is 34.6 Å². The van der Waals surface area contributed by atoms with E-state index in [1.54, 1.807) is 0 Å². The molecule has 1 aliphatic heterocycles. The molecule has 2 unspecified atom stereocenters. The van der Waals surface area contributed by atoms with Crippen molar-refractivity contribution >= 4 is 11.8 Å². The lowest BCUT2D eigenvalue weighted by Gasteiger charge is -2.31. The molecule has 84 valence electrons. The summed E-state index contributed by atoms with van der Waals surface area (Å²) in [5.41, 5.74) is 0.427. The van der Waals surface area contributed by atoms with Gasteiger partial charge in [-0.25, -0.2) is 0 Å². The van der Waals surface area contributed by atoms with Crippen molar-refractivity contribution in [3.63, 3.8) is 0 Å². The highest BCUT2D eigenvalue weighted by atomic mass is 32.2. The lowest BCUT2D eigenvalue weighted by molar-refractivity contribution is 0.230. The zero-order chi connectivity index (χ0) is 10.8. The molecule has 0 aliphatic carbocycles. The summed E-state index contributed by atoms with van der Waals surface area (Å²) in [4.78, 5) is 0. The molecule has 1 rings (SSSR count). The van der Waals surface area contributed by atoms with Gasteiger partial charge in [-0.2, -0.15) is 11.8 Å². The van der Waals surface area contributed by atoms with Crippen molar-refractivity contribution in [2.45, 2.75) is 52.3 Å². The zero-order valence-electron chi connectivity index (χ0n) is 10.3. The fourth-order valence-electron chi connectivity index (χ4n) is 1.57. The van der Waals surface area contributed by atoms with Gasteiger partial charge in [-0.05, 0) is 17.8 Å². The fourth-order valence-corrected chi connectivity index (χ4v) is 2.75. The van der Waals surface area contributed by atoms with E-state index in [4.69, 9.17) is 0 Å². The Morgan fingerprint density at radius 3 is 2.50 bits per heavy atom. The maximum Gasteiger partial charge on any atom is 0.0168 e. The monoisotopic (exact) mass is 215 g/mol. The summed E-state index contributed by atoms with van der Waals surface area (Å²) in [5.74, 6) is 2.05. The quantitative estimate of drug-likeness (QED) is 0.773. The predicted molar refractivity (Wildman–Crippen MR) is 66.9 cm³/mol. The van der Waals surface area contributed by atoms with E-state index in [9.17, 15) is 0 Å². The minimum atomic E-state index is 0.427. The molecule has 0 amide bonds. The van der Waals surface area contributed by atoms with E-state index < -0.39 is 0 Å². The Bertz CT molecular complexity index is 177. The molecule has 0 saturated carbocycles. The van der Waals surface area contributed by atoms with Crippen LogP contribution in [-0.4, -0.2) is 23.6 Å². The number of hydrogen-bond acceptors (Lipinski definition) is 2. The van der Waals surface area contributed by atoms with Gasteiger partial charge in [0.05, 0.1) is 0 Å². The third-order valence-electron chi connectivity index (χ3n) is 3.61. The van der Waals surface area contributed by atoms with Crippen LogP contribution in [-0.2, 0) is 0 Å². The lowest BCUT2D eigenvalue weighted by atomic mass is 9.81. The number of hydrogen-bond donors (Lipinski definition) is 1. The van der Waals surface area contributed by atoms with E-state index in [0.717, 1.165) is 23.8 Å². The Labute approximate surface area is 93.4 Å². The molecule has 0 aromatic heterocycles. The molecule has 14 heavy (non-hydrogen) atoms. The molecular formula is C12H25NS. The minimum Gasteiger partial charge on any atom is -0.313 e. The van der Waals surface area contributed by atoms with Crippen molar-refractivity contribution in [3.05, 3.63) is 0 Å². The van der Waals surface area contributed by atoms with Crippen LogP contribution in [0, 0.1) is 11.3 Å². The number of rotatable bonds is 4. The van der Waals surface area contributed by atoms with Crippen LogP contribution in [0.4, 0.5) is 0 Å². The van der Waals surface area contributed by atoms with E-state index in [1.807, 2.05) is 0 Å². The Morgan fingerprint density at radius 2 is 2.07 bits per heavy atom. The van der Waals surface area contributed by atoms with Crippen molar-refractivity contribution < 1.29 is 0 Å².